The van der Waals surface area contributed by atoms with Crippen molar-refractivity contribution in [1.29, 1.82) is 0 Å². The Labute approximate surface area is 92.4 Å². The molecule has 1 aliphatic heterocycles. The maximum Gasteiger partial charge on any atom is 0.242 e. The van der Waals surface area contributed by atoms with Gasteiger partial charge in [-0.3, -0.25) is 0 Å². The Morgan fingerprint density at radius 1 is 1.12 bits per heavy atom. The fourth-order valence-corrected chi connectivity index (χ4v) is 2.56. The average Bonchev–Trinajstić information content (AvgIpc) is 3.02. The Morgan fingerprint density at radius 3 is 2.50 bits per heavy atom. The predicted molar refractivity (Wildman–Crippen MR) is 54.3 cm³/mol. The first kappa shape index (κ1) is 9.56. The number of aromatic nitrogens is 3. The van der Waals surface area contributed by atoms with Gasteiger partial charge in [0.2, 0.25) is 5.66 Å². The second kappa shape index (κ2) is 3.73. The maximum absolute atomic E-state index is 4.20. The van der Waals surface area contributed by atoms with E-state index in [9.17, 15) is 0 Å². The van der Waals surface area contributed by atoms with Crippen molar-refractivity contribution >= 4 is 0 Å². The number of nitrogens with zero attached hydrogens (tertiary/aromatic N) is 6. The van der Waals surface area contributed by atoms with Gasteiger partial charge in [-0.05, 0) is 23.3 Å². The van der Waals surface area contributed by atoms with Crippen molar-refractivity contribution in [2.45, 2.75) is 37.8 Å². The SMILES string of the molecule is c1n[nH]nc1C1(C2CCCCC2)N=NN=N1. The summed E-state index contributed by atoms with van der Waals surface area (Å²) in [6, 6.07) is 0. The number of H-pyrrole nitrogens is 1. The van der Waals surface area contributed by atoms with E-state index in [1.807, 2.05) is 0 Å². The zero-order valence-corrected chi connectivity index (χ0v) is 8.87. The van der Waals surface area contributed by atoms with Crippen LogP contribution in [0.5, 0.6) is 0 Å². The van der Waals surface area contributed by atoms with Gasteiger partial charge in [0, 0.05) is 5.92 Å². The summed E-state index contributed by atoms with van der Waals surface area (Å²) in [4.78, 5) is 0. The van der Waals surface area contributed by atoms with Gasteiger partial charge in [-0.15, -0.1) is 10.2 Å². The third kappa shape index (κ3) is 1.35. The van der Waals surface area contributed by atoms with Crippen LogP contribution >= 0.6 is 0 Å². The lowest BCUT2D eigenvalue weighted by Gasteiger charge is -2.30. The minimum atomic E-state index is -0.701. The summed E-state index contributed by atoms with van der Waals surface area (Å²) in [5.41, 5.74) is 0.0253. The van der Waals surface area contributed by atoms with E-state index in [4.69, 9.17) is 0 Å². The molecule has 1 saturated carbocycles. The van der Waals surface area contributed by atoms with Gasteiger partial charge in [-0.1, -0.05) is 19.3 Å². The Hall–Kier alpha value is -1.66. The molecule has 1 aliphatic carbocycles. The first-order valence-corrected chi connectivity index (χ1v) is 5.62. The van der Waals surface area contributed by atoms with Crippen molar-refractivity contribution in [3.63, 3.8) is 0 Å². The topological polar surface area (TPSA) is 91.0 Å². The standard InChI is InChI=1S/C9H13N7/c1-2-4-7(5-3-1)9(12-15-16-13-9)8-6-10-14-11-8/h6-7H,1-5H2,(H,10,11,14). The Morgan fingerprint density at radius 2 is 1.88 bits per heavy atom. The Balaban J connectivity index is 1.97. The molecule has 0 bridgehead atoms. The summed E-state index contributed by atoms with van der Waals surface area (Å²) >= 11 is 0. The molecule has 0 saturated heterocycles. The molecule has 1 aromatic rings. The number of nitrogens with one attached hydrogen (secondary N) is 1. The molecule has 1 fully saturated rings. The van der Waals surface area contributed by atoms with Crippen LogP contribution in [0.15, 0.2) is 26.9 Å². The predicted octanol–water partition coefficient (Wildman–Crippen LogP) is 2.37. The fraction of sp³-hybridized carbons (Fsp3) is 0.778. The monoisotopic (exact) mass is 219 g/mol. The van der Waals surface area contributed by atoms with Crippen LogP contribution in [0.4, 0.5) is 0 Å². The summed E-state index contributed by atoms with van der Waals surface area (Å²) in [6.45, 7) is 0. The van der Waals surface area contributed by atoms with E-state index in [1.165, 1.54) is 19.3 Å². The van der Waals surface area contributed by atoms with E-state index in [-0.39, 0.29) is 0 Å². The molecule has 7 nitrogen and oxygen atoms in total. The molecule has 0 atom stereocenters. The van der Waals surface area contributed by atoms with E-state index in [0.717, 1.165) is 18.5 Å². The third-order valence-corrected chi connectivity index (χ3v) is 3.40. The van der Waals surface area contributed by atoms with Crippen LogP contribution in [0.3, 0.4) is 0 Å². The normalized spacial score (nSPS) is 24.0. The summed E-state index contributed by atoms with van der Waals surface area (Å²) < 4.78 is 0. The minimum Gasteiger partial charge on any atom is -0.198 e. The van der Waals surface area contributed by atoms with E-state index < -0.39 is 5.66 Å². The lowest BCUT2D eigenvalue weighted by atomic mass is 9.79. The molecule has 0 aromatic carbocycles. The molecule has 7 heteroatoms. The van der Waals surface area contributed by atoms with Crippen LogP contribution in [0.2, 0.25) is 0 Å². The van der Waals surface area contributed by atoms with Gasteiger partial charge in [-0.25, -0.2) is 0 Å². The molecule has 3 rings (SSSR count). The van der Waals surface area contributed by atoms with Gasteiger partial charge in [0.15, 0.2) is 0 Å². The fourth-order valence-electron chi connectivity index (χ4n) is 2.56. The second-order valence-electron chi connectivity index (χ2n) is 4.30. The molecule has 2 aliphatic rings. The average molecular weight is 219 g/mol. The first-order chi connectivity index (χ1) is 7.92. The summed E-state index contributed by atoms with van der Waals surface area (Å²) in [5, 5.41) is 26.3. The Bertz CT molecular complexity index is 390. The van der Waals surface area contributed by atoms with E-state index in [2.05, 4.69) is 36.1 Å². The number of hydrogen-bond acceptors (Lipinski definition) is 6. The van der Waals surface area contributed by atoms with Crippen molar-refractivity contribution in [3.8, 4) is 0 Å². The molecule has 84 valence electrons. The van der Waals surface area contributed by atoms with Crippen LogP contribution in [-0.2, 0) is 5.66 Å². The van der Waals surface area contributed by atoms with Gasteiger partial charge in [-0.2, -0.15) is 15.4 Å². The highest BCUT2D eigenvalue weighted by atomic mass is 15.6. The van der Waals surface area contributed by atoms with Crippen molar-refractivity contribution in [1.82, 2.24) is 15.4 Å². The molecular formula is C9H13N7. The van der Waals surface area contributed by atoms with Gasteiger partial charge in [0.1, 0.15) is 5.69 Å². The molecular weight excluding hydrogens is 206 g/mol. The molecule has 0 spiro atoms. The van der Waals surface area contributed by atoms with Gasteiger partial charge in [0.05, 0.1) is 6.20 Å². The molecule has 1 N–H and O–H groups in total. The zero-order chi connectivity index (χ0) is 10.8. The lowest BCUT2D eigenvalue weighted by molar-refractivity contribution is 0.208. The van der Waals surface area contributed by atoms with Gasteiger partial charge < -0.3 is 0 Å². The van der Waals surface area contributed by atoms with Crippen molar-refractivity contribution in [2.24, 2.45) is 26.6 Å². The smallest absolute Gasteiger partial charge is 0.198 e. The highest BCUT2D eigenvalue weighted by Crippen LogP contribution is 2.44. The van der Waals surface area contributed by atoms with Crippen LogP contribution in [0.25, 0.3) is 0 Å². The second-order valence-corrected chi connectivity index (χ2v) is 4.30. The van der Waals surface area contributed by atoms with E-state index in [0.29, 0.717) is 5.92 Å². The number of hydrogen-bond donors (Lipinski definition) is 1. The molecule has 0 unspecified atom stereocenters. The van der Waals surface area contributed by atoms with Crippen LogP contribution < -0.4 is 0 Å². The molecule has 1 aromatic heterocycles. The van der Waals surface area contributed by atoms with Gasteiger partial charge >= 0.3 is 0 Å². The summed E-state index contributed by atoms with van der Waals surface area (Å²) in [6.07, 6.45) is 7.60. The van der Waals surface area contributed by atoms with Crippen LogP contribution in [0.1, 0.15) is 37.8 Å². The largest absolute Gasteiger partial charge is 0.242 e. The summed E-state index contributed by atoms with van der Waals surface area (Å²) in [7, 11) is 0. The van der Waals surface area contributed by atoms with Crippen molar-refractivity contribution < 1.29 is 0 Å². The highest BCUT2D eigenvalue weighted by molar-refractivity contribution is 5.12. The van der Waals surface area contributed by atoms with Gasteiger partial charge in [0.25, 0.3) is 0 Å². The minimum absolute atomic E-state index is 0.348. The maximum atomic E-state index is 4.20. The van der Waals surface area contributed by atoms with Crippen molar-refractivity contribution in [2.75, 3.05) is 0 Å². The molecule has 0 radical (unpaired) electrons. The van der Waals surface area contributed by atoms with Crippen LogP contribution in [-0.4, -0.2) is 15.4 Å². The summed E-state index contributed by atoms with van der Waals surface area (Å²) in [5.74, 6) is 0.348. The van der Waals surface area contributed by atoms with Crippen LogP contribution in [0, 0.1) is 5.92 Å². The molecule has 0 amide bonds. The van der Waals surface area contributed by atoms with E-state index in [1.54, 1.807) is 6.20 Å². The van der Waals surface area contributed by atoms with E-state index >= 15 is 0 Å². The first-order valence-electron chi connectivity index (χ1n) is 5.62. The quantitative estimate of drug-likeness (QED) is 0.827. The number of aromatic amines is 1. The lowest BCUT2D eigenvalue weighted by Crippen LogP contribution is -2.32. The molecule has 16 heavy (non-hydrogen) atoms. The third-order valence-electron chi connectivity index (χ3n) is 3.40. The Kier molecular flexibility index (Phi) is 2.23. The highest BCUT2D eigenvalue weighted by Gasteiger charge is 2.46. The zero-order valence-electron chi connectivity index (χ0n) is 8.87. The molecule has 2 heterocycles. The van der Waals surface area contributed by atoms with Crippen molar-refractivity contribution in [3.05, 3.63) is 11.9 Å². The number of rotatable bonds is 2.